The summed E-state index contributed by atoms with van der Waals surface area (Å²) in [5.74, 6) is 1.90. The number of hydrogen-bond donors (Lipinski definition) is 1. The van der Waals surface area contributed by atoms with Gasteiger partial charge in [-0.25, -0.2) is 4.98 Å². The molecule has 0 aromatic carbocycles. The number of nitrogens with one attached hydrogen (secondary N) is 1. The molecular weight excluding hydrogens is 274 g/mol. The molecule has 0 bridgehead atoms. The number of hydrogen-bond acceptors (Lipinski definition) is 4. The van der Waals surface area contributed by atoms with E-state index in [1.165, 1.54) is 0 Å². The van der Waals surface area contributed by atoms with Crippen molar-refractivity contribution in [1.82, 2.24) is 14.8 Å². The Balaban J connectivity index is 2.05. The first kappa shape index (κ1) is 14.4. The van der Waals surface area contributed by atoms with Gasteiger partial charge in [-0.2, -0.15) is 10.4 Å². The Kier molecular flexibility index (Phi) is 4.59. The van der Waals surface area contributed by atoms with Crippen molar-refractivity contribution in [2.75, 3.05) is 5.32 Å². The maximum absolute atomic E-state index is 8.89. The van der Waals surface area contributed by atoms with Gasteiger partial charge in [0, 0.05) is 18.8 Å². The quantitative estimate of drug-likeness (QED) is 0.913. The SMILES string of the molecule is CC(C)CCn1ccc(Nc2ccc(Cl)c(C#N)n2)n1. The van der Waals surface area contributed by atoms with Crippen LogP contribution in [0.3, 0.4) is 0 Å². The Hall–Kier alpha value is -2.06. The van der Waals surface area contributed by atoms with Crippen LogP contribution in [0.25, 0.3) is 0 Å². The molecule has 1 N–H and O–H groups in total. The van der Waals surface area contributed by atoms with Crippen molar-refractivity contribution in [2.24, 2.45) is 5.92 Å². The second kappa shape index (κ2) is 6.40. The average Bonchev–Trinajstić information content (AvgIpc) is 2.86. The van der Waals surface area contributed by atoms with Gasteiger partial charge in [-0.15, -0.1) is 0 Å². The second-order valence-electron chi connectivity index (χ2n) is 4.91. The van der Waals surface area contributed by atoms with Crippen LogP contribution in [0.2, 0.25) is 5.02 Å². The van der Waals surface area contributed by atoms with Crippen LogP contribution in [0.1, 0.15) is 26.0 Å². The first-order valence-corrected chi connectivity index (χ1v) is 6.83. The smallest absolute Gasteiger partial charge is 0.161 e. The molecule has 104 valence electrons. The molecule has 0 saturated heterocycles. The van der Waals surface area contributed by atoms with Crippen LogP contribution in [-0.2, 0) is 6.54 Å². The molecule has 2 aromatic rings. The first-order valence-electron chi connectivity index (χ1n) is 6.45. The molecule has 6 heteroatoms. The van der Waals surface area contributed by atoms with E-state index in [0.29, 0.717) is 22.6 Å². The van der Waals surface area contributed by atoms with E-state index >= 15 is 0 Å². The summed E-state index contributed by atoms with van der Waals surface area (Å²) in [4.78, 5) is 4.12. The van der Waals surface area contributed by atoms with Gasteiger partial charge < -0.3 is 5.32 Å². The van der Waals surface area contributed by atoms with Crippen molar-refractivity contribution in [3.63, 3.8) is 0 Å². The molecule has 0 aliphatic carbocycles. The standard InChI is InChI=1S/C14H16ClN5/c1-10(2)5-7-20-8-6-14(19-20)18-13-4-3-11(15)12(9-16)17-13/h3-4,6,8,10H,5,7H2,1-2H3,(H,17,18,19). The highest BCUT2D eigenvalue weighted by molar-refractivity contribution is 6.31. The van der Waals surface area contributed by atoms with Crippen molar-refractivity contribution in [3.8, 4) is 6.07 Å². The zero-order valence-electron chi connectivity index (χ0n) is 11.5. The minimum Gasteiger partial charge on any atom is -0.323 e. The largest absolute Gasteiger partial charge is 0.323 e. The molecule has 0 aliphatic heterocycles. The van der Waals surface area contributed by atoms with Gasteiger partial charge in [-0.1, -0.05) is 25.4 Å². The Morgan fingerprint density at radius 1 is 1.35 bits per heavy atom. The van der Waals surface area contributed by atoms with E-state index in [4.69, 9.17) is 16.9 Å². The molecule has 0 spiro atoms. The molecule has 0 amide bonds. The number of pyridine rings is 1. The van der Waals surface area contributed by atoms with E-state index < -0.39 is 0 Å². The maximum atomic E-state index is 8.89. The third-order valence-corrected chi connectivity index (χ3v) is 3.09. The summed E-state index contributed by atoms with van der Waals surface area (Å²) in [7, 11) is 0. The third-order valence-electron chi connectivity index (χ3n) is 2.78. The summed E-state index contributed by atoms with van der Waals surface area (Å²) < 4.78 is 1.89. The Labute approximate surface area is 123 Å². The van der Waals surface area contributed by atoms with E-state index in [-0.39, 0.29) is 5.69 Å². The van der Waals surface area contributed by atoms with Gasteiger partial charge in [0.25, 0.3) is 0 Å². The second-order valence-corrected chi connectivity index (χ2v) is 5.32. The number of nitriles is 1. The van der Waals surface area contributed by atoms with Gasteiger partial charge in [0.2, 0.25) is 0 Å². The lowest BCUT2D eigenvalue weighted by Gasteiger charge is -2.05. The summed E-state index contributed by atoms with van der Waals surface area (Å²) in [6.07, 6.45) is 3.00. The van der Waals surface area contributed by atoms with Crippen LogP contribution in [0.4, 0.5) is 11.6 Å². The molecule has 20 heavy (non-hydrogen) atoms. The number of halogens is 1. The fraction of sp³-hybridized carbons (Fsp3) is 0.357. The fourth-order valence-corrected chi connectivity index (χ4v) is 1.81. The first-order chi connectivity index (χ1) is 9.58. The monoisotopic (exact) mass is 289 g/mol. The number of rotatable bonds is 5. The van der Waals surface area contributed by atoms with Crippen LogP contribution in [0, 0.1) is 17.2 Å². The molecule has 0 unspecified atom stereocenters. The van der Waals surface area contributed by atoms with Crippen molar-refractivity contribution in [2.45, 2.75) is 26.8 Å². The molecule has 2 heterocycles. The number of nitrogens with zero attached hydrogens (tertiary/aromatic N) is 4. The zero-order valence-corrected chi connectivity index (χ0v) is 12.2. The van der Waals surface area contributed by atoms with Crippen molar-refractivity contribution in [3.05, 3.63) is 35.1 Å². The minimum absolute atomic E-state index is 0.205. The van der Waals surface area contributed by atoms with Crippen LogP contribution in [0.5, 0.6) is 0 Å². The van der Waals surface area contributed by atoms with Crippen LogP contribution in [-0.4, -0.2) is 14.8 Å². The van der Waals surface area contributed by atoms with Gasteiger partial charge in [-0.05, 0) is 24.5 Å². The highest BCUT2D eigenvalue weighted by Gasteiger charge is 2.05. The number of aromatic nitrogens is 3. The van der Waals surface area contributed by atoms with Gasteiger partial charge >= 0.3 is 0 Å². The van der Waals surface area contributed by atoms with Crippen LogP contribution < -0.4 is 5.32 Å². The lowest BCUT2D eigenvalue weighted by atomic mass is 10.1. The number of anilines is 2. The highest BCUT2D eigenvalue weighted by Crippen LogP contribution is 2.18. The number of aryl methyl sites for hydroxylation is 1. The van der Waals surface area contributed by atoms with E-state index in [1.54, 1.807) is 12.1 Å². The Morgan fingerprint density at radius 3 is 2.85 bits per heavy atom. The Bertz CT molecular complexity index is 627. The summed E-state index contributed by atoms with van der Waals surface area (Å²) in [6.45, 7) is 5.25. The molecule has 5 nitrogen and oxygen atoms in total. The lowest BCUT2D eigenvalue weighted by molar-refractivity contribution is 0.488. The highest BCUT2D eigenvalue weighted by atomic mass is 35.5. The topological polar surface area (TPSA) is 66.5 Å². The molecule has 0 radical (unpaired) electrons. The molecule has 0 atom stereocenters. The van der Waals surface area contributed by atoms with E-state index in [1.807, 2.05) is 23.0 Å². The zero-order chi connectivity index (χ0) is 14.5. The van der Waals surface area contributed by atoms with Gasteiger partial charge in [0.1, 0.15) is 11.9 Å². The minimum atomic E-state index is 0.205. The molecule has 2 aromatic heterocycles. The normalized spacial score (nSPS) is 10.6. The molecule has 0 aliphatic rings. The van der Waals surface area contributed by atoms with Gasteiger partial charge in [0.15, 0.2) is 11.5 Å². The molecular formula is C14H16ClN5. The maximum Gasteiger partial charge on any atom is 0.161 e. The average molecular weight is 290 g/mol. The summed E-state index contributed by atoms with van der Waals surface area (Å²) in [5, 5.41) is 16.7. The van der Waals surface area contributed by atoms with E-state index in [0.717, 1.165) is 13.0 Å². The van der Waals surface area contributed by atoms with Gasteiger partial charge in [-0.3, -0.25) is 4.68 Å². The summed E-state index contributed by atoms with van der Waals surface area (Å²) in [6, 6.07) is 7.19. The predicted molar refractivity (Wildman–Crippen MR) is 78.9 cm³/mol. The van der Waals surface area contributed by atoms with E-state index in [2.05, 4.69) is 29.2 Å². The molecule has 0 saturated carbocycles. The lowest BCUT2D eigenvalue weighted by Crippen LogP contribution is -2.03. The Morgan fingerprint density at radius 2 is 2.15 bits per heavy atom. The summed E-state index contributed by atoms with van der Waals surface area (Å²) in [5.41, 5.74) is 0.205. The van der Waals surface area contributed by atoms with Crippen molar-refractivity contribution < 1.29 is 0 Å². The van der Waals surface area contributed by atoms with Crippen molar-refractivity contribution in [1.29, 1.82) is 5.26 Å². The third kappa shape index (κ3) is 3.72. The van der Waals surface area contributed by atoms with Gasteiger partial charge in [0.05, 0.1) is 5.02 Å². The predicted octanol–water partition coefficient (Wildman–Crippen LogP) is 3.59. The summed E-state index contributed by atoms with van der Waals surface area (Å²) >= 11 is 5.84. The molecule has 0 fully saturated rings. The van der Waals surface area contributed by atoms with Crippen LogP contribution in [0.15, 0.2) is 24.4 Å². The van der Waals surface area contributed by atoms with Crippen molar-refractivity contribution >= 4 is 23.2 Å². The fourth-order valence-electron chi connectivity index (χ4n) is 1.66. The molecule has 2 rings (SSSR count). The van der Waals surface area contributed by atoms with E-state index in [9.17, 15) is 0 Å². The van der Waals surface area contributed by atoms with Crippen LogP contribution >= 0.6 is 11.6 Å².